The fourth-order valence-electron chi connectivity index (χ4n) is 1.89. The van der Waals surface area contributed by atoms with Crippen molar-refractivity contribution < 1.29 is 14.7 Å². The monoisotopic (exact) mass is 287 g/mol. The number of nitrogens with one attached hydrogen (secondary N) is 2. The summed E-state index contributed by atoms with van der Waals surface area (Å²) in [4.78, 5) is 27.2. The highest BCUT2D eigenvalue weighted by Crippen LogP contribution is 2.17. The Bertz CT molecular complexity index is 619. The number of aldehydes is 1. The SMILES string of the molecule is CN(CCO)c1ccc(NC(=O)c2ccc(C=O)[nH]2)cc1. The van der Waals surface area contributed by atoms with Crippen LogP contribution in [0.1, 0.15) is 21.0 Å². The van der Waals surface area contributed by atoms with E-state index < -0.39 is 0 Å². The number of anilines is 2. The van der Waals surface area contributed by atoms with Crippen molar-refractivity contribution >= 4 is 23.6 Å². The minimum atomic E-state index is -0.306. The summed E-state index contributed by atoms with van der Waals surface area (Å²) in [7, 11) is 1.88. The lowest BCUT2D eigenvalue weighted by Crippen LogP contribution is -2.21. The van der Waals surface area contributed by atoms with Crippen molar-refractivity contribution in [3.63, 3.8) is 0 Å². The molecule has 0 aliphatic carbocycles. The van der Waals surface area contributed by atoms with E-state index in [-0.39, 0.29) is 12.5 Å². The van der Waals surface area contributed by atoms with Gasteiger partial charge in [0.15, 0.2) is 6.29 Å². The van der Waals surface area contributed by atoms with Gasteiger partial charge >= 0.3 is 0 Å². The van der Waals surface area contributed by atoms with Crippen molar-refractivity contribution in [2.45, 2.75) is 0 Å². The summed E-state index contributed by atoms with van der Waals surface area (Å²) in [5, 5.41) is 11.6. The first-order valence-electron chi connectivity index (χ1n) is 6.51. The Balaban J connectivity index is 2.02. The number of aromatic amines is 1. The van der Waals surface area contributed by atoms with E-state index in [9.17, 15) is 9.59 Å². The Labute approximate surface area is 122 Å². The molecule has 0 unspecified atom stereocenters. The molecule has 0 aliphatic rings. The summed E-state index contributed by atoms with van der Waals surface area (Å²) < 4.78 is 0. The average Bonchev–Trinajstić information content (AvgIpc) is 2.97. The van der Waals surface area contributed by atoms with E-state index >= 15 is 0 Å². The molecule has 0 radical (unpaired) electrons. The first-order valence-corrected chi connectivity index (χ1v) is 6.51. The summed E-state index contributed by atoms with van der Waals surface area (Å²) in [6.07, 6.45) is 0.655. The molecule has 110 valence electrons. The zero-order valence-electron chi connectivity index (χ0n) is 11.7. The normalized spacial score (nSPS) is 10.2. The van der Waals surface area contributed by atoms with Crippen molar-refractivity contribution in [3.8, 4) is 0 Å². The third kappa shape index (κ3) is 3.70. The Kier molecular flexibility index (Phi) is 4.73. The molecular formula is C15H17N3O3. The molecule has 1 amide bonds. The van der Waals surface area contributed by atoms with Crippen molar-refractivity contribution in [2.24, 2.45) is 0 Å². The molecule has 0 fully saturated rings. The van der Waals surface area contributed by atoms with Crippen molar-refractivity contribution in [1.29, 1.82) is 0 Å². The van der Waals surface area contributed by atoms with Crippen LogP contribution in [-0.2, 0) is 0 Å². The zero-order chi connectivity index (χ0) is 15.2. The Hall–Kier alpha value is -2.60. The highest BCUT2D eigenvalue weighted by Gasteiger charge is 2.08. The number of rotatable bonds is 6. The number of carbonyl (C=O) groups excluding carboxylic acids is 2. The van der Waals surface area contributed by atoms with Gasteiger partial charge in [0.25, 0.3) is 5.91 Å². The van der Waals surface area contributed by atoms with E-state index in [1.165, 1.54) is 0 Å². The lowest BCUT2D eigenvalue weighted by molar-refractivity contribution is 0.102. The van der Waals surface area contributed by atoms with E-state index in [2.05, 4.69) is 10.3 Å². The highest BCUT2D eigenvalue weighted by atomic mass is 16.3. The number of H-pyrrole nitrogens is 1. The molecule has 0 spiro atoms. The molecule has 6 nitrogen and oxygen atoms in total. The van der Waals surface area contributed by atoms with Gasteiger partial charge in [0.2, 0.25) is 0 Å². The topological polar surface area (TPSA) is 85.4 Å². The van der Waals surface area contributed by atoms with Crippen LogP contribution in [0.25, 0.3) is 0 Å². The van der Waals surface area contributed by atoms with Gasteiger partial charge in [0, 0.05) is 25.0 Å². The summed E-state index contributed by atoms with van der Waals surface area (Å²) in [5.41, 5.74) is 2.30. The minimum Gasteiger partial charge on any atom is -0.395 e. The van der Waals surface area contributed by atoms with Gasteiger partial charge < -0.3 is 20.3 Å². The highest BCUT2D eigenvalue weighted by molar-refractivity contribution is 6.03. The fourth-order valence-corrected chi connectivity index (χ4v) is 1.89. The quantitative estimate of drug-likeness (QED) is 0.703. The molecule has 0 bridgehead atoms. The summed E-state index contributed by atoms with van der Waals surface area (Å²) in [5.74, 6) is -0.306. The van der Waals surface area contributed by atoms with Crippen LogP contribution in [0.15, 0.2) is 36.4 Å². The van der Waals surface area contributed by atoms with Crippen LogP contribution >= 0.6 is 0 Å². The Morgan fingerprint density at radius 3 is 2.57 bits per heavy atom. The summed E-state index contributed by atoms with van der Waals surface area (Å²) in [6, 6.07) is 10.4. The van der Waals surface area contributed by atoms with E-state index in [4.69, 9.17) is 5.11 Å². The maximum Gasteiger partial charge on any atom is 0.272 e. The summed E-state index contributed by atoms with van der Waals surface area (Å²) in [6.45, 7) is 0.629. The van der Waals surface area contributed by atoms with E-state index in [0.29, 0.717) is 29.9 Å². The third-order valence-electron chi connectivity index (χ3n) is 3.08. The zero-order valence-corrected chi connectivity index (χ0v) is 11.7. The van der Waals surface area contributed by atoms with Crippen LogP contribution in [0.2, 0.25) is 0 Å². The molecule has 6 heteroatoms. The van der Waals surface area contributed by atoms with Gasteiger partial charge in [-0.05, 0) is 36.4 Å². The second-order valence-corrected chi connectivity index (χ2v) is 4.59. The van der Waals surface area contributed by atoms with Crippen LogP contribution in [0.3, 0.4) is 0 Å². The molecule has 1 aromatic heterocycles. The molecule has 2 aromatic rings. The smallest absolute Gasteiger partial charge is 0.272 e. The first kappa shape index (κ1) is 14.8. The molecule has 0 saturated heterocycles. The predicted octanol–water partition coefficient (Wildman–Crippen LogP) is 1.51. The minimum absolute atomic E-state index is 0.0842. The summed E-state index contributed by atoms with van der Waals surface area (Å²) >= 11 is 0. The first-order chi connectivity index (χ1) is 10.1. The molecule has 1 aromatic carbocycles. The largest absolute Gasteiger partial charge is 0.395 e. The predicted molar refractivity (Wildman–Crippen MR) is 80.9 cm³/mol. The van der Waals surface area contributed by atoms with Gasteiger partial charge in [-0.3, -0.25) is 9.59 Å². The number of carbonyl (C=O) groups is 2. The molecule has 1 heterocycles. The van der Waals surface area contributed by atoms with Crippen LogP contribution in [0, 0.1) is 0 Å². The number of aromatic nitrogens is 1. The lowest BCUT2D eigenvalue weighted by atomic mass is 10.2. The Morgan fingerprint density at radius 1 is 1.29 bits per heavy atom. The molecule has 0 saturated carbocycles. The van der Waals surface area contributed by atoms with Gasteiger partial charge in [-0.1, -0.05) is 0 Å². The van der Waals surface area contributed by atoms with Crippen molar-refractivity contribution in [3.05, 3.63) is 47.8 Å². The maximum atomic E-state index is 12.0. The number of amides is 1. The van der Waals surface area contributed by atoms with Gasteiger partial charge in [-0.15, -0.1) is 0 Å². The lowest BCUT2D eigenvalue weighted by Gasteiger charge is -2.18. The van der Waals surface area contributed by atoms with Crippen molar-refractivity contribution in [1.82, 2.24) is 4.98 Å². The van der Waals surface area contributed by atoms with Crippen LogP contribution < -0.4 is 10.2 Å². The standard InChI is InChI=1S/C15H17N3O3/c1-18(8-9-19)13-5-2-11(3-6-13)17-15(21)14-7-4-12(10-20)16-14/h2-7,10,16,19H,8-9H2,1H3,(H,17,21). The number of hydrogen-bond donors (Lipinski definition) is 3. The molecule has 2 rings (SSSR count). The number of nitrogens with zero attached hydrogens (tertiary/aromatic N) is 1. The number of aliphatic hydroxyl groups is 1. The second-order valence-electron chi connectivity index (χ2n) is 4.59. The molecule has 21 heavy (non-hydrogen) atoms. The number of hydrogen-bond acceptors (Lipinski definition) is 4. The van der Waals surface area contributed by atoms with Gasteiger partial charge in [0.05, 0.1) is 12.3 Å². The second kappa shape index (κ2) is 6.71. The van der Waals surface area contributed by atoms with Gasteiger partial charge in [-0.2, -0.15) is 0 Å². The van der Waals surface area contributed by atoms with Gasteiger partial charge in [-0.25, -0.2) is 0 Å². The third-order valence-corrected chi connectivity index (χ3v) is 3.08. The van der Waals surface area contributed by atoms with Crippen molar-refractivity contribution in [2.75, 3.05) is 30.4 Å². The fraction of sp³-hybridized carbons (Fsp3) is 0.200. The molecular weight excluding hydrogens is 270 g/mol. The van der Waals surface area contributed by atoms with Crippen LogP contribution in [-0.4, -0.2) is 42.5 Å². The number of aliphatic hydroxyl groups excluding tert-OH is 1. The number of benzene rings is 1. The van der Waals surface area contributed by atoms with Gasteiger partial charge in [0.1, 0.15) is 5.69 Å². The molecule has 0 atom stereocenters. The van der Waals surface area contributed by atoms with E-state index in [0.717, 1.165) is 5.69 Å². The van der Waals surface area contributed by atoms with E-state index in [1.807, 2.05) is 24.1 Å². The van der Waals surface area contributed by atoms with E-state index in [1.54, 1.807) is 24.3 Å². The Morgan fingerprint density at radius 2 is 2.00 bits per heavy atom. The van der Waals surface area contributed by atoms with Crippen LogP contribution in [0.5, 0.6) is 0 Å². The van der Waals surface area contributed by atoms with Crippen LogP contribution in [0.4, 0.5) is 11.4 Å². The maximum absolute atomic E-state index is 12.0. The number of likely N-dealkylation sites (N-methyl/N-ethyl adjacent to an activating group) is 1. The molecule has 3 N–H and O–H groups in total. The molecule has 0 aliphatic heterocycles. The average molecular weight is 287 g/mol.